The summed E-state index contributed by atoms with van der Waals surface area (Å²) < 4.78 is 5.69. The van der Waals surface area contributed by atoms with Crippen molar-refractivity contribution in [3.63, 3.8) is 0 Å². The second kappa shape index (κ2) is 4.40. The van der Waals surface area contributed by atoms with Crippen LogP contribution in [0.4, 0.5) is 5.82 Å². The topological polar surface area (TPSA) is 77.2 Å². The lowest BCUT2D eigenvalue weighted by Crippen LogP contribution is -2.41. The molecule has 1 amide bonds. The first-order valence-corrected chi connectivity index (χ1v) is 6.38. The van der Waals surface area contributed by atoms with Gasteiger partial charge in [-0.2, -0.15) is 0 Å². The van der Waals surface area contributed by atoms with E-state index in [0.29, 0.717) is 16.7 Å². The Hall–Kier alpha value is -1.33. The quantitative estimate of drug-likeness (QED) is 0.848. The van der Waals surface area contributed by atoms with Crippen molar-refractivity contribution < 1.29 is 9.53 Å². The van der Waals surface area contributed by atoms with E-state index in [1.807, 2.05) is 0 Å². The Labute approximate surface area is 110 Å². The Balaban J connectivity index is 1.73. The van der Waals surface area contributed by atoms with Gasteiger partial charge in [0.05, 0.1) is 28.8 Å². The second-order valence-corrected chi connectivity index (χ2v) is 5.19. The first-order chi connectivity index (χ1) is 8.63. The fourth-order valence-corrected chi connectivity index (χ4v) is 2.85. The number of pyridine rings is 1. The van der Waals surface area contributed by atoms with Crippen LogP contribution in [0.15, 0.2) is 12.3 Å². The molecule has 3 N–H and O–H groups in total. The summed E-state index contributed by atoms with van der Waals surface area (Å²) in [6.45, 7) is 0. The van der Waals surface area contributed by atoms with Gasteiger partial charge < -0.3 is 15.8 Å². The number of hydrogen-bond donors (Lipinski definition) is 2. The van der Waals surface area contributed by atoms with Crippen LogP contribution in [0.1, 0.15) is 29.6 Å². The first-order valence-electron chi connectivity index (χ1n) is 6.01. The molecule has 2 aliphatic rings. The minimum Gasteiger partial charge on any atom is -0.384 e. The first kappa shape index (κ1) is 11.7. The Kier molecular flexibility index (Phi) is 2.87. The number of nitrogens with two attached hydrogens (primary N) is 1. The number of nitrogens with one attached hydrogen (secondary N) is 1. The minimum absolute atomic E-state index is 0.0849. The third kappa shape index (κ3) is 2.04. The zero-order valence-corrected chi connectivity index (χ0v) is 10.5. The normalized spacial score (nSPS) is 29.5. The number of hydrogen-bond acceptors (Lipinski definition) is 4. The number of nitrogens with zero attached hydrogens (tertiary/aromatic N) is 1. The van der Waals surface area contributed by atoms with Gasteiger partial charge >= 0.3 is 0 Å². The molecule has 96 valence electrons. The molecule has 2 bridgehead atoms. The molecule has 2 fully saturated rings. The van der Waals surface area contributed by atoms with E-state index in [1.165, 1.54) is 12.3 Å². The van der Waals surface area contributed by atoms with Crippen molar-refractivity contribution in [3.8, 4) is 0 Å². The molecule has 0 aliphatic carbocycles. The summed E-state index contributed by atoms with van der Waals surface area (Å²) >= 11 is 5.95. The highest BCUT2D eigenvalue weighted by Gasteiger charge is 2.41. The van der Waals surface area contributed by atoms with E-state index in [1.54, 1.807) is 0 Å². The molecule has 18 heavy (non-hydrogen) atoms. The Morgan fingerprint density at radius 2 is 2.39 bits per heavy atom. The van der Waals surface area contributed by atoms with Gasteiger partial charge in [-0.05, 0) is 25.3 Å². The fraction of sp³-hybridized carbons (Fsp3) is 0.500. The lowest BCUT2D eigenvalue weighted by atomic mass is 9.95. The highest BCUT2D eigenvalue weighted by Crippen LogP contribution is 2.34. The summed E-state index contributed by atoms with van der Waals surface area (Å²) in [5.74, 6) is 0.0731. The zero-order chi connectivity index (χ0) is 12.7. The van der Waals surface area contributed by atoms with E-state index in [2.05, 4.69) is 10.3 Å². The van der Waals surface area contributed by atoms with Crippen LogP contribution in [0.3, 0.4) is 0 Å². The molecule has 0 saturated carbocycles. The van der Waals surface area contributed by atoms with Crippen molar-refractivity contribution in [2.75, 3.05) is 5.73 Å². The standard InChI is InChI=1S/C12H14ClN3O2/c13-8-5-15-11(14)4-7(8)12(17)16-9-3-6-1-2-10(9)18-6/h4-6,9-10H,1-3H2,(H2,14,15)(H,16,17). The zero-order valence-electron chi connectivity index (χ0n) is 9.73. The number of nitrogen functional groups attached to an aromatic ring is 1. The number of fused-ring (bicyclic) bond motifs is 2. The molecule has 1 aromatic rings. The summed E-state index contributed by atoms with van der Waals surface area (Å²) in [5, 5.41) is 3.27. The minimum atomic E-state index is -0.213. The van der Waals surface area contributed by atoms with Crippen LogP contribution in [0.25, 0.3) is 0 Å². The molecular formula is C12H14ClN3O2. The molecule has 5 nitrogen and oxygen atoms in total. The molecule has 0 radical (unpaired) electrons. The van der Waals surface area contributed by atoms with Gasteiger partial charge in [-0.15, -0.1) is 0 Å². The van der Waals surface area contributed by atoms with Gasteiger partial charge in [0.2, 0.25) is 0 Å². The van der Waals surface area contributed by atoms with Gasteiger partial charge in [0.25, 0.3) is 5.91 Å². The van der Waals surface area contributed by atoms with Gasteiger partial charge in [0, 0.05) is 6.20 Å². The number of aromatic nitrogens is 1. The second-order valence-electron chi connectivity index (χ2n) is 4.78. The molecule has 3 atom stereocenters. The van der Waals surface area contributed by atoms with Crippen molar-refractivity contribution in [2.45, 2.75) is 37.5 Å². The predicted octanol–water partition coefficient (Wildman–Crippen LogP) is 1.37. The number of amides is 1. The lowest BCUT2D eigenvalue weighted by molar-refractivity contribution is 0.0841. The molecule has 3 unspecified atom stereocenters. The third-order valence-electron chi connectivity index (χ3n) is 3.54. The fourth-order valence-electron chi connectivity index (χ4n) is 2.66. The summed E-state index contributed by atoms with van der Waals surface area (Å²) in [7, 11) is 0. The maximum absolute atomic E-state index is 12.1. The number of carbonyl (C=O) groups is 1. The van der Waals surface area contributed by atoms with E-state index < -0.39 is 0 Å². The van der Waals surface area contributed by atoms with E-state index in [9.17, 15) is 4.79 Å². The third-order valence-corrected chi connectivity index (χ3v) is 3.84. The highest BCUT2D eigenvalue weighted by molar-refractivity contribution is 6.33. The molecule has 6 heteroatoms. The maximum Gasteiger partial charge on any atom is 0.253 e. The molecule has 3 rings (SSSR count). The predicted molar refractivity (Wildman–Crippen MR) is 67.4 cm³/mol. The van der Waals surface area contributed by atoms with Crippen LogP contribution in [0.2, 0.25) is 5.02 Å². The summed E-state index contributed by atoms with van der Waals surface area (Å²) in [6.07, 6.45) is 4.84. The molecular weight excluding hydrogens is 254 g/mol. The average Bonchev–Trinajstić information content (AvgIpc) is 2.94. The largest absolute Gasteiger partial charge is 0.384 e. The van der Waals surface area contributed by atoms with Gasteiger partial charge in [-0.1, -0.05) is 11.6 Å². The van der Waals surface area contributed by atoms with Crippen LogP contribution in [-0.4, -0.2) is 29.1 Å². The van der Waals surface area contributed by atoms with Crippen LogP contribution >= 0.6 is 11.6 Å². The number of rotatable bonds is 2. The number of carbonyl (C=O) groups excluding carboxylic acids is 1. The summed E-state index contributed by atoms with van der Waals surface area (Å²) in [6, 6.07) is 1.58. The maximum atomic E-state index is 12.1. The monoisotopic (exact) mass is 267 g/mol. The average molecular weight is 268 g/mol. The SMILES string of the molecule is Nc1cc(C(=O)NC2CC3CCC2O3)c(Cl)cn1. The highest BCUT2D eigenvalue weighted by atomic mass is 35.5. The summed E-state index contributed by atoms with van der Waals surface area (Å²) in [4.78, 5) is 15.9. The smallest absolute Gasteiger partial charge is 0.253 e. The number of anilines is 1. The van der Waals surface area contributed by atoms with Gasteiger partial charge in [0.1, 0.15) is 5.82 Å². The van der Waals surface area contributed by atoms with Crippen molar-refractivity contribution in [1.29, 1.82) is 0 Å². The number of ether oxygens (including phenoxy) is 1. The lowest BCUT2D eigenvalue weighted by Gasteiger charge is -2.20. The van der Waals surface area contributed by atoms with E-state index in [-0.39, 0.29) is 23.9 Å². The number of halogens is 1. The van der Waals surface area contributed by atoms with Gasteiger partial charge in [-0.25, -0.2) is 4.98 Å². The molecule has 0 aromatic carbocycles. The van der Waals surface area contributed by atoms with E-state index in [0.717, 1.165) is 19.3 Å². The van der Waals surface area contributed by atoms with Crippen molar-refractivity contribution in [3.05, 3.63) is 22.8 Å². The van der Waals surface area contributed by atoms with Crippen molar-refractivity contribution in [2.24, 2.45) is 0 Å². The van der Waals surface area contributed by atoms with Gasteiger partial charge in [0.15, 0.2) is 0 Å². The van der Waals surface area contributed by atoms with Crippen molar-refractivity contribution >= 4 is 23.3 Å². The van der Waals surface area contributed by atoms with E-state index >= 15 is 0 Å². The Morgan fingerprint density at radius 1 is 1.56 bits per heavy atom. The Bertz CT molecular complexity index is 494. The molecule has 1 aromatic heterocycles. The van der Waals surface area contributed by atoms with Crippen LogP contribution in [-0.2, 0) is 4.74 Å². The molecule has 2 aliphatic heterocycles. The molecule has 3 heterocycles. The molecule has 2 saturated heterocycles. The molecule has 0 spiro atoms. The van der Waals surface area contributed by atoms with Crippen LogP contribution in [0.5, 0.6) is 0 Å². The summed E-state index contributed by atoms with van der Waals surface area (Å²) in [5.41, 5.74) is 5.93. The van der Waals surface area contributed by atoms with Crippen molar-refractivity contribution in [1.82, 2.24) is 10.3 Å². The van der Waals surface area contributed by atoms with Crippen LogP contribution < -0.4 is 11.1 Å². The van der Waals surface area contributed by atoms with Crippen LogP contribution in [0, 0.1) is 0 Å². The van der Waals surface area contributed by atoms with Gasteiger partial charge in [-0.3, -0.25) is 4.79 Å². The van der Waals surface area contributed by atoms with E-state index in [4.69, 9.17) is 22.1 Å². The Morgan fingerprint density at radius 3 is 3.06 bits per heavy atom.